The zero-order valence-corrected chi connectivity index (χ0v) is 12.3. The summed E-state index contributed by atoms with van der Waals surface area (Å²) in [5.41, 5.74) is 1.47. The van der Waals surface area contributed by atoms with Crippen LogP contribution in [-0.2, 0) is 28.0 Å². The Morgan fingerprint density at radius 1 is 1.55 bits per heavy atom. The van der Waals surface area contributed by atoms with Crippen LogP contribution in [0.2, 0.25) is 0 Å². The van der Waals surface area contributed by atoms with Crippen molar-refractivity contribution >= 4 is 5.97 Å². The summed E-state index contributed by atoms with van der Waals surface area (Å²) in [5, 5.41) is 9.09. The van der Waals surface area contributed by atoms with Crippen molar-refractivity contribution in [1.82, 2.24) is 9.97 Å². The normalized spacial score (nSPS) is 21.1. The van der Waals surface area contributed by atoms with Crippen LogP contribution in [0, 0.1) is 5.92 Å². The second kappa shape index (κ2) is 5.87. The molecule has 1 aromatic heterocycles. The number of aromatic nitrogens is 2. The maximum Gasteiger partial charge on any atom is 0.306 e. The predicted molar refractivity (Wildman–Crippen MR) is 74.5 cm³/mol. The Bertz CT molecular complexity index is 504. The SMILES string of the molecule is CCOC(C)(CC)c1ncc2c(n1)CCC(C(=O)O)C2. The minimum atomic E-state index is -0.729. The number of carboxylic acid groups (broad SMARTS) is 1. The summed E-state index contributed by atoms with van der Waals surface area (Å²) >= 11 is 0. The van der Waals surface area contributed by atoms with E-state index in [9.17, 15) is 4.79 Å². The molecule has 2 unspecified atom stereocenters. The molecule has 1 aliphatic rings. The quantitative estimate of drug-likeness (QED) is 0.895. The topological polar surface area (TPSA) is 72.3 Å². The van der Waals surface area contributed by atoms with Crippen molar-refractivity contribution in [3.8, 4) is 0 Å². The summed E-state index contributed by atoms with van der Waals surface area (Å²) in [6, 6.07) is 0. The minimum Gasteiger partial charge on any atom is -0.481 e. The summed E-state index contributed by atoms with van der Waals surface area (Å²) in [6.07, 6.45) is 4.46. The zero-order chi connectivity index (χ0) is 14.8. The highest BCUT2D eigenvalue weighted by atomic mass is 16.5. The van der Waals surface area contributed by atoms with Gasteiger partial charge in [-0.05, 0) is 45.1 Å². The van der Waals surface area contributed by atoms with Crippen LogP contribution in [0.4, 0.5) is 0 Å². The van der Waals surface area contributed by atoms with Gasteiger partial charge in [0, 0.05) is 18.5 Å². The van der Waals surface area contributed by atoms with Gasteiger partial charge in [0.1, 0.15) is 5.60 Å². The van der Waals surface area contributed by atoms with Crippen LogP contribution >= 0.6 is 0 Å². The van der Waals surface area contributed by atoms with E-state index in [1.165, 1.54) is 0 Å². The third kappa shape index (κ3) is 2.82. The fraction of sp³-hybridized carbons (Fsp3) is 0.667. The molecule has 5 heteroatoms. The van der Waals surface area contributed by atoms with E-state index in [0.717, 1.165) is 17.7 Å². The van der Waals surface area contributed by atoms with Gasteiger partial charge in [-0.2, -0.15) is 0 Å². The van der Waals surface area contributed by atoms with Crippen molar-refractivity contribution < 1.29 is 14.6 Å². The van der Waals surface area contributed by atoms with Gasteiger partial charge in [0.05, 0.1) is 5.92 Å². The first-order valence-electron chi connectivity index (χ1n) is 7.22. The van der Waals surface area contributed by atoms with Crippen LogP contribution in [0.3, 0.4) is 0 Å². The van der Waals surface area contributed by atoms with E-state index >= 15 is 0 Å². The molecule has 20 heavy (non-hydrogen) atoms. The third-order valence-electron chi connectivity index (χ3n) is 4.11. The van der Waals surface area contributed by atoms with Crippen molar-refractivity contribution in [2.75, 3.05) is 6.61 Å². The molecule has 0 saturated carbocycles. The fourth-order valence-corrected chi connectivity index (χ4v) is 2.62. The van der Waals surface area contributed by atoms with Crippen molar-refractivity contribution in [3.63, 3.8) is 0 Å². The average Bonchev–Trinajstić information content (AvgIpc) is 2.46. The van der Waals surface area contributed by atoms with Gasteiger partial charge in [-0.3, -0.25) is 4.79 Å². The number of nitrogens with zero attached hydrogens (tertiary/aromatic N) is 2. The summed E-state index contributed by atoms with van der Waals surface area (Å²) in [4.78, 5) is 20.1. The number of hydrogen-bond acceptors (Lipinski definition) is 4. The zero-order valence-electron chi connectivity index (χ0n) is 12.3. The first-order valence-corrected chi connectivity index (χ1v) is 7.22. The lowest BCUT2D eigenvalue weighted by atomic mass is 9.87. The van der Waals surface area contributed by atoms with Crippen LogP contribution in [0.15, 0.2) is 6.20 Å². The number of carbonyl (C=O) groups is 1. The van der Waals surface area contributed by atoms with Crippen LogP contribution in [0.1, 0.15) is 50.7 Å². The predicted octanol–water partition coefficient (Wildman–Crippen LogP) is 2.33. The van der Waals surface area contributed by atoms with E-state index in [1.807, 2.05) is 13.8 Å². The third-order valence-corrected chi connectivity index (χ3v) is 4.11. The van der Waals surface area contributed by atoms with Crippen molar-refractivity contribution in [2.45, 2.75) is 52.1 Å². The highest BCUT2D eigenvalue weighted by Gasteiger charge is 2.31. The molecule has 0 fully saturated rings. The van der Waals surface area contributed by atoms with Crippen molar-refractivity contribution in [3.05, 3.63) is 23.3 Å². The van der Waals surface area contributed by atoms with E-state index in [0.29, 0.717) is 31.7 Å². The number of fused-ring (bicyclic) bond motifs is 1. The van der Waals surface area contributed by atoms with E-state index < -0.39 is 11.6 Å². The standard InChI is InChI=1S/C15H22N2O3/c1-4-15(3,20-5-2)14-16-9-11-8-10(13(18)19)6-7-12(11)17-14/h9-10H,4-8H2,1-3H3,(H,18,19). The molecule has 2 rings (SSSR count). The molecule has 1 aromatic rings. The second-order valence-electron chi connectivity index (χ2n) is 5.46. The van der Waals surface area contributed by atoms with Gasteiger partial charge in [-0.25, -0.2) is 9.97 Å². The molecular weight excluding hydrogens is 256 g/mol. The van der Waals surface area contributed by atoms with Gasteiger partial charge in [-0.1, -0.05) is 6.92 Å². The van der Waals surface area contributed by atoms with E-state index in [1.54, 1.807) is 6.20 Å². The second-order valence-corrected chi connectivity index (χ2v) is 5.46. The molecule has 1 heterocycles. The Balaban J connectivity index is 2.27. The molecule has 2 atom stereocenters. The molecule has 0 radical (unpaired) electrons. The van der Waals surface area contributed by atoms with Gasteiger partial charge in [0.2, 0.25) is 0 Å². The van der Waals surface area contributed by atoms with Crippen LogP contribution in [0.5, 0.6) is 0 Å². The molecule has 0 amide bonds. The van der Waals surface area contributed by atoms with Crippen molar-refractivity contribution in [1.29, 1.82) is 0 Å². The lowest BCUT2D eigenvalue weighted by molar-refractivity contribution is -0.142. The van der Waals surface area contributed by atoms with Gasteiger partial charge < -0.3 is 9.84 Å². The van der Waals surface area contributed by atoms with Crippen LogP contribution < -0.4 is 0 Å². The number of hydrogen-bond donors (Lipinski definition) is 1. The van der Waals surface area contributed by atoms with E-state index in [2.05, 4.69) is 16.9 Å². The highest BCUT2D eigenvalue weighted by molar-refractivity contribution is 5.70. The lowest BCUT2D eigenvalue weighted by Gasteiger charge is -2.28. The van der Waals surface area contributed by atoms with E-state index in [-0.39, 0.29) is 5.92 Å². The number of rotatable bonds is 5. The maximum absolute atomic E-state index is 11.1. The monoisotopic (exact) mass is 278 g/mol. The average molecular weight is 278 g/mol. The first-order chi connectivity index (χ1) is 9.50. The molecule has 5 nitrogen and oxygen atoms in total. The van der Waals surface area contributed by atoms with Gasteiger partial charge >= 0.3 is 5.97 Å². The number of carboxylic acids is 1. The fourth-order valence-electron chi connectivity index (χ4n) is 2.62. The van der Waals surface area contributed by atoms with E-state index in [4.69, 9.17) is 9.84 Å². The molecule has 110 valence electrons. The molecule has 1 N–H and O–H groups in total. The van der Waals surface area contributed by atoms with Crippen LogP contribution in [-0.4, -0.2) is 27.7 Å². The first kappa shape index (κ1) is 14.9. The van der Waals surface area contributed by atoms with Gasteiger partial charge in [0.25, 0.3) is 0 Å². The summed E-state index contributed by atoms with van der Waals surface area (Å²) in [7, 11) is 0. The Morgan fingerprint density at radius 3 is 2.90 bits per heavy atom. The summed E-state index contributed by atoms with van der Waals surface area (Å²) in [6.45, 7) is 6.63. The van der Waals surface area contributed by atoms with Crippen LogP contribution in [0.25, 0.3) is 0 Å². The Morgan fingerprint density at radius 2 is 2.30 bits per heavy atom. The number of aliphatic carboxylic acids is 1. The van der Waals surface area contributed by atoms with Gasteiger partial charge in [0.15, 0.2) is 5.82 Å². The molecule has 0 aromatic carbocycles. The number of aryl methyl sites for hydroxylation is 1. The molecule has 0 bridgehead atoms. The molecular formula is C15H22N2O3. The maximum atomic E-state index is 11.1. The summed E-state index contributed by atoms with van der Waals surface area (Å²) < 4.78 is 5.80. The molecule has 0 spiro atoms. The van der Waals surface area contributed by atoms with Gasteiger partial charge in [-0.15, -0.1) is 0 Å². The largest absolute Gasteiger partial charge is 0.481 e. The Labute approximate surface area is 119 Å². The smallest absolute Gasteiger partial charge is 0.306 e. The minimum absolute atomic E-state index is 0.304. The Kier molecular flexibility index (Phi) is 4.38. The molecule has 0 saturated heterocycles. The molecule has 1 aliphatic carbocycles. The Hall–Kier alpha value is -1.49. The lowest BCUT2D eigenvalue weighted by Crippen LogP contribution is -2.30. The molecule has 0 aliphatic heterocycles. The number of ether oxygens (including phenoxy) is 1. The highest BCUT2D eigenvalue weighted by Crippen LogP contribution is 2.29. The summed E-state index contributed by atoms with van der Waals surface area (Å²) in [5.74, 6) is -0.330. The van der Waals surface area contributed by atoms with Crippen molar-refractivity contribution in [2.24, 2.45) is 5.92 Å².